The number of halogens is 1. The van der Waals surface area contributed by atoms with Crippen molar-refractivity contribution in [3.63, 3.8) is 0 Å². The molecule has 1 aliphatic heterocycles. The minimum atomic E-state index is 0.153. The summed E-state index contributed by atoms with van der Waals surface area (Å²) in [5.74, 6) is 1.46. The van der Waals surface area contributed by atoms with Crippen molar-refractivity contribution in [3.05, 3.63) is 23.7 Å². The molecule has 2 aromatic rings. The van der Waals surface area contributed by atoms with Crippen molar-refractivity contribution >= 4 is 17.5 Å². The van der Waals surface area contributed by atoms with Gasteiger partial charge >= 0.3 is 0 Å². The highest BCUT2D eigenvalue weighted by Crippen LogP contribution is 2.15. The molecule has 0 amide bonds. The lowest BCUT2D eigenvalue weighted by Crippen LogP contribution is -2.23. The number of aromatic nitrogens is 5. The predicted octanol–water partition coefficient (Wildman–Crippen LogP) is 1.55. The number of ether oxygens (including phenoxy) is 1. The molecule has 0 bridgehead atoms. The first-order chi connectivity index (χ1) is 9.81. The maximum atomic E-state index is 5.93. The molecule has 106 valence electrons. The van der Waals surface area contributed by atoms with Crippen LogP contribution in [0.15, 0.2) is 18.5 Å². The Hall–Kier alpha value is -1.73. The van der Waals surface area contributed by atoms with Crippen LogP contribution in [0.4, 0.5) is 5.95 Å². The monoisotopic (exact) mass is 294 g/mol. The van der Waals surface area contributed by atoms with Crippen molar-refractivity contribution in [3.8, 4) is 5.95 Å². The van der Waals surface area contributed by atoms with E-state index >= 15 is 0 Å². The Bertz CT molecular complexity index is 555. The van der Waals surface area contributed by atoms with Gasteiger partial charge in [0.2, 0.25) is 11.2 Å². The van der Waals surface area contributed by atoms with E-state index in [1.165, 1.54) is 0 Å². The molecule has 3 heterocycles. The van der Waals surface area contributed by atoms with Crippen molar-refractivity contribution in [2.24, 2.45) is 5.92 Å². The highest BCUT2D eigenvalue weighted by atomic mass is 35.5. The molecule has 0 saturated carbocycles. The summed E-state index contributed by atoms with van der Waals surface area (Å²) in [7, 11) is 0. The molecule has 20 heavy (non-hydrogen) atoms. The lowest BCUT2D eigenvalue weighted by atomic mass is 10.0. The molecule has 1 fully saturated rings. The second kappa shape index (κ2) is 6.15. The molecule has 0 radical (unpaired) electrons. The molecule has 0 spiro atoms. The fourth-order valence-corrected chi connectivity index (χ4v) is 2.25. The first-order valence-electron chi connectivity index (χ1n) is 6.54. The molecule has 0 atom stereocenters. The number of rotatable bonds is 4. The zero-order valence-electron chi connectivity index (χ0n) is 10.9. The predicted molar refractivity (Wildman–Crippen MR) is 74.0 cm³/mol. The number of nitrogens with zero attached hydrogens (tertiary/aromatic N) is 5. The Morgan fingerprint density at radius 2 is 2.15 bits per heavy atom. The smallest absolute Gasteiger partial charge is 0.256 e. The molecule has 0 aromatic carbocycles. The van der Waals surface area contributed by atoms with Crippen molar-refractivity contribution in [2.75, 3.05) is 25.1 Å². The Balaban J connectivity index is 1.69. The summed E-state index contributed by atoms with van der Waals surface area (Å²) in [6.45, 7) is 2.45. The van der Waals surface area contributed by atoms with Crippen LogP contribution < -0.4 is 5.32 Å². The highest BCUT2D eigenvalue weighted by Gasteiger charge is 2.14. The van der Waals surface area contributed by atoms with Crippen LogP contribution in [0.1, 0.15) is 12.8 Å². The standard InChI is InChI=1S/C12H15ClN6O/c13-10-16-11(14-8-9-2-6-20-7-3-9)18-12(17-10)19-5-1-4-15-19/h1,4-5,9H,2-3,6-8H2,(H,14,16,17,18). The van der Waals surface area contributed by atoms with E-state index in [2.05, 4.69) is 25.4 Å². The van der Waals surface area contributed by atoms with Crippen LogP contribution in [0.2, 0.25) is 5.28 Å². The minimum absolute atomic E-state index is 0.153. The summed E-state index contributed by atoms with van der Waals surface area (Å²) in [5, 5.41) is 7.45. The van der Waals surface area contributed by atoms with Gasteiger partial charge in [-0.15, -0.1) is 0 Å². The number of nitrogens with one attached hydrogen (secondary N) is 1. The Labute approximate surface area is 121 Å². The SMILES string of the molecule is Clc1nc(NCC2CCOCC2)nc(-n2cccn2)n1. The summed E-state index contributed by atoms with van der Waals surface area (Å²) in [6.07, 6.45) is 5.52. The van der Waals surface area contributed by atoms with Gasteiger partial charge in [-0.3, -0.25) is 0 Å². The third kappa shape index (κ3) is 3.23. The van der Waals surface area contributed by atoms with Gasteiger partial charge in [-0.25, -0.2) is 4.68 Å². The van der Waals surface area contributed by atoms with Gasteiger partial charge in [-0.05, 0) is 36.4 Å². The minimum Gasteiger partial charge on any atom is -0.381 e. The van der Waals surface area contributed by atoms with Crippen molar-refractivity contribution in [1.29, 1.82) is 0 Å². The van der Waals surface area contributed by atoms with Gasteiger partial charge in [0.05, 0.1) is 0 Å². The highest BCUT2D eigenvalue weighted by molar-refractivity contribution is 6.28. The van der Waals surface area contributed by atoms with Crippen molar-refractivity contribution in [2.45, 2.75) is 12.8 Å². The average Bonchev–Trinajstić information content (AvgIpc) is 3.00. The maximum Gasteiger partial charge on any atom is 0.256 e. The molecule has 2 aromatic heterocycles. The largest absolute Gasteiger partial charge is 0.381 e. The number of hydrogen-bond acceptors (Lipinski definition) is 6. The Morgan fingerprint density at radius 3 is 2.90 bits per heavy atom. The molecule has 7 nitrogen and oxygen atoms in total. The van der Waals surface area contributed by atoms with Gasteiger partial charge < -0.3 is 10.1 Å². The van der Waals surface area contributed by atoms with Crippen LogP contribution in [0.3, 0.4) is 0 Å². The summed E-state index contributed by atoms with van der Waals surface area (Å²) in [5.41, 5.74) is 0. The van der Waals surface area contributed by atoms with Gasteiger partial charge in [0.15, 0.2) is 0 Å². The van der Waals surface area contributed by atoms with E-state index in [9.17, 15) is 0 Å². The third-order valence-electron chi connectivity index (χ3n) is 3.20. The first-order valence-corrected chi connectivity index (χ1v) is 6.92. The van der Waals surface area contributed by atoms with E-state index in [0.717, 1.165) is 32.6 Å². The van der Waals surface area contributed by atoms with Crippen molar-refractivity contribution < 1.29 is 4.74 Å². The van der Waals surface area contributed by atoms with Gasteiger partial charge in [0.25, 0.3) is 5.95 Å². The number of anilines is 1. The van der Waals surface area contributed by atoms with E-state index in [1.807, 2.05) is 0 Å². The molecule has 0 aliphatic carbocycles. The van der Waals surface area contributed by atoms with Gasteiger partial charge in [0.1, 0.15) is 0 Å². The third-order valence-corrected chi connectivity index (χ3v) is 3.36. The fourth-order valence-electron chi connectivity index (χ4n) is 2.09. The second-order valence-electron chi connectivity index (χ2n) is 4.62. The van der Waals surface area contributed by atoms with E-state index in [0.29, 0.717) is 17.8 Å². The summed E-state index contributed by atoms with van der Waals surface area (Å²) >= 11 is 5.93. The molecule has 1 N–H and O–H groups in total. The lowest BCUT2D eigenvalue weighted by molar-refractivity contribution is 0.0699. The van der Waals surface area contributed by atoms with Gasteiger partial charge in [0, 0.05) is 32.2 Å². The second-order valence-corrected chi connectivity index (χ2v) is 4.95. The van der Waals surface area contributed by atoms with E-state index < -0.39 is 0 Å². The normalized spacial score (nSPS) is 16.2. The molecular formula is C12H15ClN6O. The van der Waals surface area contributed by atoms with Crippen LogP contribution in [0, 0.1) is 5.92 Å². The topological polar surface area (TPSA) is 77.8 Å². The number of hydrogen-bond donors (Lipinski definition) is 1. The zero-order chi connectivity index (χ0) is 13.8. The molecule has 3 rings (SSSR count). The summed E-state index contributed by atoms with van der Waals surface area (Å²) < 4.78 is 6.89. The maximum absolute atomic E-state index is 5.93. The van der Waals surface area contributed by atoms with Gasteiger partial charge in [-0.1, -0.05) is 0 Å². The zero-order valence-corrected chi connectivity index (χ0v) is 11.6. The summed E-state index contributed by atoms with van der Waals surface area (Å²) in [6, 6.07) is 1.80. The molecule has 1 aliphatic rings. The van der Waals surface area contributed by atoms with E-state index in [-0.39, 0.29) is 5.28 Å². The van der Waals surface area contributed by atoms with Crippen LogP contribution in [-0.2, 0) is 4.74 Å². The van der Waals surface area contributed by atoms with Crippen LogP contribution in [-0.4, -0.2) is 44.5 Å². The Kier molecular flexibility index (Phi) is 4.08. The van der Waals surface area contributed by atoms with Crippen LogP contribution >= 0.6 is 11.6 Å². The fraction of sp³-hybridized carbons (Fsp3) is 0.500. The van der Waals surface area contributed by atoms with E-state index in [1.54, 1.807) is 23.1 Å². The molecule has 8 heteroatoms. The quantitative estimate of drug-likeness (QED) is 0.922. The van der Waals surface area contributed by atoms with Crippen LogP contribution in [0.25, 0.3) is 5.95 Å². The Morgan fingerprint density at radius 1 is 1.30 bits per heavy atom. The average molecular weight is 295 g/mol. The van der Waals surface area contributed by atoms with Gasteiger partial charge in [-0.2, -0.15) is 20.1 Å². The van der Waals surface area contributed by atoms with Crippen LogP contribution in [0.5, 0.6) is 0 Å². The van der Waals surface area contributed by atoms with E-state index in [4.69, 9.17) is 16.3 Å². The molecular weight excluding hydrogens is 280 g/mol. The van der Waals surface area contributed by atoms with Crippen molar-refractivity contribution in [1.82, 2.24) is 24.7 Å². The summed E-state index contributed by atoms with van der Waals surface area (Å²) in [4.78, 5) is 12.5. The lowest BCUT2D eigenvalue weighted by Gasteiger charge is -2.22. The first kappa shape index (κ1) is 13.3. The molecule has 0 unspecified atom stereocenters. The molecule has 1 saturated heterocycles.